The summed E-state index contributed by atoms with van der Waals surface area (Å²) in [6, 6.07) is 4.09. The maximum atomic E-state index is 12.9. The molecule has 1 aromatic rings. The fraction of sp³-hybridized carbons (Fsp3) is 0.300. The van der Waals surface area contributed by atoms with Crippen LogP contribution in [0.15, 0.2) is 18.2 Å². The fourth-order valence-electron chi connectivity index (χ4n) is 1.56. The largest absolute Gasteiger partial charge is 0.489 e. The predicted octanol–water partition coefficient (Wildman–Crippen LogP) is 0.510. The summed E-state index contributed by atoms with van der Waals surface area (Å²) in [5.74, 6) is -0.176. The molecule has 1 amide bonds. The van der Waals surface area contributed by atoms with Gasteiger partial charge in [-0.25, -0.2) is 4.39 Å². The number of carbonyl (C=O) groups is 1. The number of hydrogen-bond donors (Lipinski definition) is 1. The van der Waals surface area contributed by atoms with Gasteiger partial charge in [-0.05, 0) is 12.1 Å². The molecule has 0 saturated carbocycles. The maximum absolute atomic E-state index is 12.9. The number of anilines is 1. The molecule has 0 atom stereocenters. The van der Waals surface area contributed by atoms with Crippen molar-refractivity contribution in [1.82, 2.24) is 0 Å². The number of fused-ring (bicyclic) bond motifs is 1. The summed E-state index contributed by atoms with van der Waals surface area (Å²) >= 11 is 0. The van der Waals surface area contributed by atoms with Gasteiger partial charge in [0.2, 0.25) is 5.91 Å². The second kappa shape index (κ2) is 3.86. The number of benzene rings is 1. The molecular formula is C10H11FN2O2. The molecule has 0 saturated heterocycles. The molecule has 0 bridgehead atoms. The first-order valence-electron chi connectivity index (χ1n) is 4.65. The van der Waals surface area contributed by atoms with Crippen LogP contribution >= 0.6 is 0 Å². The van der Waals surface area contributed by atoms with Crippen LogP contribution in [-0.4, -0.2) is 25.6 Å². The zero-order chi connectivity index (χ0) is 10.8. The summed E-state index contributed by atoms with van der Waals surface area (Å²) in [4.78, 5) is 13.0. The highest BCUT2D eigenvalue weighted by molar-refractivity contribution is 5.96. The van der Waals surface area contributed by atoms with Crippen molar-refractivity contribution in [2.24, 2.45) is 5.73 Å². The lowest BCUT2D eigenvalue weighted by atomic mass is 10.2. The average molecular weight is 210 g/mol. The molecule has 0 unspecified atom stereocenters. The normalized spacial score (nSPS) is 14.4. The molecule has 2 N–H and O–H groups in total. The van der Waals surface area contributed by atoms with E-state index in [0.29, 0.717) is 24.6 Å². The zero-order valence-corrected chi connectivity index (χ0v) is 8.07. The lowest BCUT2D eigenvalue weighted by Gasteiger charge is -2.29. The first kappa shape index (κ1) is 9.92. The average Bonchev–Trinajstić information content (AvgIpc) is 2.26. The van der Waals surface area contributed by atoms with Gasteiger partial charge in [0.15, 0.2) is 0 Å². The number of amides is 1. The Kier molecular flexibility index (Phi) is 2.55. The second-order valence-electron chi connectivity index (χ2n) is 3.21. The van der Waals surface area contributed by atoms with Crippen molar-refractivity contribution in [3.05, 3.63) is 24.0 Å². The lowest BCUT2D eigenvalue weighted by Crippen LogP contribution is -2.41. The van der Waals surface area contributed by atoms with Gasteiger partial charge in [-0.15, -0.1) is 0 Å². The van der Waals surface area contributed by atoms with Gasteiger partial charge in [0.05, 0.1) is 18.8 Å². The molecule has 0 aliphatic carbocycles. The predicted molar refractivity (Wildman–Crippen MR) is 53.3 cm³/mol. The van der Waals surface area contributed by atoms with E-state index in [4.69, 9.17) is 10.5 Å². The fourth-order valence-corrected chi connectivity index (χ4v) is 1.56. The van der Waals surface area contributed by atoms with Crippen LogP contribution in [0.4, 0.5) is 10.1 Å². The first-order valence-corrected chi connectivity index (χ1v) is 4.65. The molecule has 4 nitrogen and oxygen atoms in total. The van der Waals surface area contributed by atoms with Crippen molar-refractivity contribution in [3.63, 3.8) is 0 Å². The third-order valence-electron chi connectivity index (χ3n) is 2.26. The van der Waals surface area contributed by atoms with Crippen LogP contribution in [0.25, 0.3) is 0 Å². The standard InChI is InChI=1S/C10H11FN2O2/c11-7-1-2-8-9(5-7)15-4-3-13(8)10(14)6-12/h1-2,5H,3-4,6,12H2. The van der Waals surface area contributed by atoms with Gasteiger partial charge >= 0.3 is 0 Å². The summed E-state index contributed by atoms with van der Waals surface area (Å²) < 4.78 is 18.2. The van der Waals surface area contributed by atoms with Crippen molar-refractivity contribution in [1.29, 1.82) is 0 Å². The Balaban J connectivity index is 2.38. The number of ether oxygens (including phenoxy) is 1. The molecule has 1 aliphatic rings. The lowest BCUT2D eigenvalue weighted by molar-refractivity contribution is -0.117. The van der Waals surface area contributed by atoms with Crippen molar-refractivity contribution in [3.8, 4) is 5.75 Å². The molecule has 80 valence electrons. The van der Waals surface area contributed by atoms with Crippen molar-refractivity contribution in [2.75, 3.05) is 24.6 Å². The van der Waals surface area contributed by atoms with Crippen LogP contribution < -0.4 is 15.4 Å². The van der Waals surface area contributed by atoms with E-state index in [2.05, 4.69) is 0 Å². The first-order chi connectivity index (χ1) is 7.22. The van der Waals surface area contributed by atoms with Crippen molar-refractivity contribution >= 4 is 11.6 Å². The van der Waals surface area contributed by atoms with Gasteiger partial charge in [0.1, 0.15) is 18.2 Å². The topological polar surface area (TPSA) is 55.6 Å². The van der Waals surface area contributed by atoms with E-state index in [9.17, 15) is 9.18 Å². The van der Waals surface area contributed by atoms with Gasteiger partial charge in [-0.1, -0.05) is 0 Å². The van der Waals surface area contributed by atoms with E-state index in [1.54, 1.807) is 0 Å². The van der Waals surface area contributed by atoms with E-state index in [-0.39, 0.29) is 18.3 Å². The number of halogens is 1. The highest BCUT2D eigenvalue weighted by Crippen LogP contribution is 2.31. The minimum Gasteiger partial charge on any atom is -0.489 e. The molecule has 1 aromatic carbocycles. The number of rotatable bonds is 1. The molecule has 2 rings (SSSR count). The van der Waals surface area contributed by atoms with Crippen LogP contribution in [0.1, 0.15) is 0 Å². The summed E-state index contributed by atoms with van der Waals surface area (Å²) in [6.45, 7) is 0.758. The molecule has 0 radical (unpaired) electrons. The Morgan fingerprint density at radius 3 is 3.13 bits per heavy atom. The van der Waals surface area contributed by atoms with E-state index < -0.39 is 0 Å². The van der Waals surface area contributed by atoms with Crippen LogP contribution in [0.5, 0.6) is 5.75 Å². The highest BCUT2D eigenvalue weighted by Gasteiger charge is 2.22. The van der Waals surface area contributed by atoms with Crippen LogP contribution in [-0.2, 0) is 4.79 Å². The summed E-state index contributed by atoms with van der Waals surface area (Å²) in [5.41, 5.74) is 5.87. The smallest absolute Gasteiger partial charge is 0.240 e. The SMILES string of the molecule is NCC(=O)N1CCOc2cc(F)ccc21. The molecule has 0 spiro atoms. The van der Waals surface area contributed by atoms with Gasteiger partial charge in [-0.3, -0.25) is 4.79 Å². The Hall–Kier alpha value is -1.62. The van der Waals surface area contributed by atoms with Gasteiger partial charge < -0.3 is 15.4 Å². The highest BCUT2D eigenvalue weighted by atomic mass is 19.1. The van der Waals surface area contributed by atoms with E-state index in [0.717, 1.165) is 0 Å². The van der Waals surface area contributed by atoms with E-state index in [1.807, 2.05) is 0 Å². The monoisotopic (exact) mass is 210 g/mol. The molecule has 15 heavy (non-hydrogen) atoms. The maximum Gasteiger partial charge on any atom is 0.240 e. The third kappa shape index (κ3) is 1.78. The molecule has 1 heterocycles. The van der Waals surface area contributed by atoms with Crippen LogP contribution in [0.2, 0.25) is 0 Å². The molecule has 1 aliphatic heterocycles. The quantitative estimate of drug-likeness (QED) is 0.734. The summed E-state index contributed by atoms with van der Waals surface area (Å²) in [7, 11) is 0. The molecule has 0 fully saturated rings. The number of nitrogens with zero attached hydrogens (tertiary/aromatic N) is 1. The minimum absolute atomic E-state index is 0.0587. The molecule has 5 heteroatoms. The Bertz CT molecular complexity index is 395. The number of nitrogens with two attached hydrogens (primary N) is 1. The minimum atomic E-state index is -0.379. The molecular weight excluding hydrogens is 199 g/mol. The Morgan fingerprint density at radius 2 is 2.40 bits per heavy atom. The van der Waals surface area contributed by atoms with E-state index in [1.165, 1.54) is 23.1 Å². The zero-order valence-electron chi connectivity index (χ0n) is 8.07. The number of hydrogen-bond acceptors (Lipinski definition) is 3. The van der Waals surface area contributed by atoms with Crippen LogP contribution in [0.3, 0.4) is 0 Å². The second-order valence-corrected chi connectivity index (χ2v) is 3.21. The van der Waals surface area contributed by atoms with Gasteiger partial charge in [0, 0.05) is 6.07 Å². The molecule has 0 aromatic heterocycles. The summed E-state index contributed by atoms with van der Waals surface area (Å²) in [6.07, 6.45) is 0. The Labute approximate surface area is 86.4 Å². The Morgan fingerprint density at radius 1 is 1.60 bits per heavy atom. The van der Waals surface area contributed by atoms with Gasteiger partial charge in [-0.2, -0.15) is 0 Å². The van der Waals surface area contributed by atoms with Gasteiger partial charge in [0.25, 0.3) is 0 Å². The third-order valence-corrected chi connectivity index (χ3v) is 2.26. The number of carbonyl (C=O) groups excluding carboxylic acids is 1. The van der Waals surface area contributed by atoms with Crippen molar-refractivity contribution < 1.29 is 13.9 Å². The van der Waals surface area contributed by atoms with Crippen molar-refractivity contribution in [2.45, 2.75) is 0 Å². The van der Waals surface area contributed by atoms with Crippen LogP contribution in [0, 0.1) is 5.82 Å². The van der Waals surface area contributed by atoms with E-state index >= 15 is 0 Å². The summed E-state index contributed by atoms with van der Waals surface area (Å²) in [5, 5.41) is 0.